The SMILES string of the molecule is CCC(=O)CNC(=O)C1CCC(NC(=O)CCOCCO)CC1.[V]. The molecule has 8 heteroatoms. The fraction of sp³-hybridized carbons (Fsp3) is 0.812. The summed E-state index contributed by atoms with van der Waals surface area (Å²) in [4.78, 5) is 34.9. The van der Waals surface area contributed by atoms with Gasteiger partial charge in [-0.2, -0.15) is 0 Å². The zero-order valence-corrected chi connectivity index (χ0v) is 15.6. The van der Waals surface area contributed by atoms with Crippen LogP contribution in [0.15, 0.2) is 0 Å². The number of ether oxygens (including phenoxy) is 1. The van der Waals surface area contributed by atoms with Crippen LogP contribution in [0.2, 0.25) is 0 Å². The number of hydrogen-bond donors (Lipinski definition) is 3. The van der Waals surface area contributed by atoms with Gasteiger partial charge in [0.25, 0.3) is 0 Å². The third-order valence-electron chi connectivity index (χ3n) is 4.03. The average Bonchev–Trinajstić information content (AvgIpc) is 2.57. The molecule has 0 atom stereocenters. The van der Waals surface area contributed by atoms with Gasteiger partial charge in [0.1, 0.15) is 0 Å². The molecule has 1 aliphatic carbocycles. The zero-order chi connectivity index (χ0) is 17.1. The summed E-state index contributed by atoms with van der Waals surface area (Å²) in [7, 11) is 0. The molecule has 137 valence electrons. The first-order valence-electron chi connectivity index (χ1n) is 8.34. The van der Waals surface area contributed by atoms with Crippen molar-refractivity contribution >= 4 is 17.6 Å². The molecular formula is C16H28N2O5V. The monoisotopic (exact) mass is 379 g/mol. The smallest absolute Gasteiger partial charge is 0.223 e. The summed E-state index contributed by atoms with van der Waals surface area (Å²) >= 11 is 0. The van der Waals surface area contributed by atoms with E-state index >= 15 is 0 Å². The van der Waals surface area contributed by atoms with E-state index < -0.39 is 0 Å². The first-order chi connectivity index (χ1) is 11.1. The second-order valence-corrected chi connectivity index (χ2v) is 5.81. The number of rotatable bonds is 10. The molecule has 7 nitrogen and oxygen atoms in total. The molecule has 0 aliphatic heterocycles. The van der Waals surface area contributed by atoms with Crippen LogP contribution in [0.4, 0.5) is 0 Å². The molecule has 1 rings (SSSR count). The van der Waals surface area contributed by atoms with Crippen LogP contribution in [0.25, 0.3) is 0 Å². The minimum Gasteiger partial charge on any atom is -0.394 e. The standard InChI is InChI=1S/C16H28N2O5.V/c1-2-14(20)11-17-16(22)12-3-5-13(6-4-12)18-15(21)7-9-23-10-8-19;/h12-13,19H,2-11H2,1H3,(H,17,22)(H,18,21);. The van der Waals surface area contributed by atoms with E-state index in [2.05, 4.69) is 10.6 Å². The fourth-order valence-electron chi connectivity index (χ4n) is 2.59. The van der Waals surface area contributed by atoms with E-state index in [1.54, 1.807) is 6.92 Å². The normalized spacial score (nSPS) is 19.9. The quantitative estimate of drug-likeness (QED) is 0.469. The number of aliphatic hydroxyl groups is 1. The van der Waals surface area contributed by atoms with Gasteiger partial charge in [-0.15, -0.1) is 0 Å². The second-order valence-electron chi connectivity index (χ2n) is 5.81. The van der Waals surface area contributed by atoms with E-state index in [9.17, 15) is 14.4 Å². The van der Waals surface area contributed by atoms with Gasteiger partial charge in [0.2, 0.25) is 11.8 Å². The van der Waals surface area contributed by atoms with Crippen molar-refractivity contribution in [2.24, 2.45) is 5.92 Å². The van der Waals surface area contributed by atoms with Gasteiger partial charge in [-0.3, -0.25) is 14.4 Å². The number of Topliss-reactive ketones (excluding diaryl/α,β-unsaturated/α-hetero) is 1. The van der Waals surface area contributed by atoms with E-state index in [1.807, 2.05) is 0 Å². The number of nitrogens with one attached hydrogen (secondary N) is 2. The molecule has 1 radical (unpaired) electrons. The molecule has 24 heavy (non-hydrogen) atoms. The summed E-state index contributed by atoms with van der Waals surface area (Å²) in [5.74, 6) is -0.165. The summed E-state index contributed by atoms with van der Waals surface area (Å²) in [5.41, 5.74) is 0. The number of amides is 2. The van der Waals surface area contributed by atoms with Gasteiger partial charge in [-0.25, -0.2) is 0 Å². The molecular weight excluding hydrogens is 351 g/mol. The van der Waals surface area contributed by atoms with Crippen LogP contribution in [-0.2, 0) is 37.7 Å². The van der Waals surface area contributed by atoms with Gasteiger partial charge in [0.15, 0.2) is 5.78 Å². The van der Waals surface area contributed by atoms with Gasteiger partial charge in [0.05, 0.1) is 26.4 Å². The van der Waals surface area contributed by atoms with Crippen molar-refractivity contribution in [2.45, 2.75) is 51.5 Å². The third-order valence-corrected chi connectivity index (χ3v) is 4.03. The molecule has 0 spiro atoms. The number of carbonyl (C=O) groups is 3. The predicted octanol–water partition coefficient (Wildman–Crippen LogP) is 0.153. The summed E-state index contributed by atoms with van der Waals surface area (Å²) in [6.45, 7) is 2.39. The van der Waals surface area contributed by atoms with Crippen LogP contribution in [0.5, 0.6) is 0 Å². The van der Waals surface area contributed by atoms with Crippen LogP contribution in [0.3, 0.4) is 0 Å². The maximum atomic E-state index is 12.0. The van der Waals surface area contributed by atoms with Gasteiger partial charge in [0, 0.05) is 43.4 Å². The molecule has 0 aromatic rings. The predicted molar refractivity (Wildman–Crippen MR) is 84.7 cm³/mol. The molecule has 0 saturated heterocycles. The third kappa shape index (κ3) is 9.42. The second kappa shape index (κ2) is 13.4. The van der Waals surface area contributed by atoms with Crippen LogP contribution in [-0.4, -0.2) is 55.1 Å². The molecule has 0 bridgehead atoms. The van der Waals surface area contributed by atoms with Crippen molar-refractivity contribution in [3.05, 3.63) is 0 Å². The Morgan fingerprint density at radius 2 is 1.79 bits per heavy atom. The Hall–Kier alpha value is -0.886. The van der Waals surface area contributed by atoms with Crippen molar-refractivity contribution in [3.63, 3.8) is 0 Å². The Balaban J connectivity index is 0.00000529. The Morgan fingerprint density at radius 1 is 1.12 bits per heavy atom. The van der Waals surface area contributed by atoms with Crippen molar-refractivity contribution < 1.29 is 42.8 Å². The average molecular weight is 379 g/mol. The fourth-order valence-corrected chi connectivity index (χ4v) is 2.59. The molecule has 0 unspecified atom stereocenters. The largest absolute Gasteiger partial charge is 0.394 e. The van der Waals surface area contributed by atoms with E-state index in [1.165, 1.54) is 0 Å². The first kappa shape index (κ1) is 23.1. The summed E-state index contributed by atoms with van der Waals surface area (Å²) in [6, 6.07) is 0.0988. The number of carbonyl (C=O) groups excluding carboxylic acids is 3. The Bertz CT molecular complexity index is 398. The van der Waals surface area contributed by atoms with Gasteiger partial charge < -0.3 is 20.5 Å². The van der Waals surface area contributed by atoms with Crippen molar-refractivity contribution in [1.29, 1.82) is 0 Å². The van der Waals surface area contributed by atoms with E-state index in [0.717, 1.165) is 25.7 Å². The summed E-state index contributed by atoms with van der Waals surface area (Å²) in [6.07, 6.45) is 3.68. The van der Waals surface area contributed by atoms with Crippen LogP contribution >= 0.6 is 0 Å². The van der Waals surface area contributed by atoms with Crippen molar-refractivity contribution in [1.82, 2.24) is 10.6 Å². The maximum Gasteiger partial charge on any atom is 0.223 e. The number of ketones is 1. The Labute approximate surface area is 155 Å². The Morgan fingerprint density at radius 3 is 2.38 bits per heavy atom. The minimum absolute atomic E-state index is 0. The number of hydrogen-bond acceptors (Lipinski definition) is 5. The van der Waals surface area contributed by atoms with Gasteiger partial charge in [-0.05, 0) is 25.7 Å². The number of aliphatic hydroxyl groups excluding tert-OH is 1. The van der Waals surface area contributed by atoms with Crippen LogP contribution in [0, 0.1) is 5.92 Å². The topological polar surface area (TPSA) is 105 Å². The van der Waals surface area contributed by atoms with Gasteiger partial charge in [-0.1, -0.05) is 6.92 Å². The molecule has 0 aromatic carbocycles. The van der Waals surface area contributed by atoms with Gasteiger partial charge >= 0.3 is 0 Å². The summed E-state index contributed by atoms with van der Waals surface area (Å²) in [5, 5.41) is 14.2. The minimum atomic E-state index is -0.0688. The van der Waals surface area contributed by atoms with Crippen LogP contribution < -0.4 is 10.6 Å². The molecule has 0 heterocycles. The van der Waals surface area contributed by atoms with E-state index in [4.69, 9.17) is 9.84 Å². The summed E-state index contributed by atoms with van der Waals surface area (Å²) < 4.78 is 5.06. The molecule has 2 amide bonds. The van der Waals surface area contributed by atoms with E-state index in [0.29, 0.717) is 13.0 Å². The molecule has 1 aliphatic rings. The zero-order valence-electron chi connectivity index (χ0n) is 14.3. The molecule has 0 aromatic heterocycles. The Kier molecular flexibility index (Phi) is 12.9. The van der Waals surface area contributed by atoms with Crippen molar-refractivity contribution in [2.75, 3.05) is 26.4 Å². The molecule has 1 saturated carbocycles. The molecule has 1 fully saturated rings. The van der Waals surface area contributed by atoms with Crippen LogP contribution in [0.1, 0.15) is 45.4 Å². The van der Waals surface area contributed by atoms with Crippen molar-refractivity contribution in [3.8, 4) is 0 Å². The molecule has 3 N–H and O–H groups in total. The maximum absolute atomic E-state index is 12.0. The first-order valence-corrected chi connectivity index (χ1v) is 8.34. The van der Waals surface area contributed by atoms with E-state index in [-0.39, 0.29) is 74.3 Å².